The fraction of sp³-hybridized carbons (Fsp3) is 0.100. The molecule has 0 heterocycles. The van der Waals surface area contributed by atoms with Crippen molar-refractivity contribution in [1.82, 2.24) is 0 Å². The Morgan fingerprint density at radius 3 is 2.28 bits per heavy atom. The molecule has 3 rings (SSSR count). The molecule has 0 aliphatic rings. The van der Waals surface area contributed by atoms with Gasteiger partial charge in [-0.1, -0.05) is 42.5 Å². The molecule has 0 saturated heterocycles. The molecule has 0 aromatic heterocycles. The third-order valence-electron chi connectivity index (χ3n) is 3.86. The SMILES string of the molecule is CN(C)c1cccc(NC(=O)C(=O)Nc2cccc3ccccc23)c1. The third-order valence-corrected chi connectivity index (χ3v) is 3.86. The summed E-state index contributed by atoms with van der Waals surface area (Å²) in [5.74, 6) is -1.41. The van der Waals surface area contributed by atoms with Crippen LogP contribution < -0.4 is 15.5 Å². The van der Waals surface area contributed by atoms with Crippen molar-refractivity contribution in [1.29, 1.82) is 0 Å². The van der Waals surface area contributed by atoms with Gasteiger partial charge in [-0.2, -0.15) is 0 Å². The molecule has 3 aromatic carbocycles. The molecule has 0 radical (unpaired) electrons. The Kier molecular flexibility index (Phi) is 4.66. The van der Waals surface area contributed by atoms with Gasteiger partial charge in [0.05, 0.1) is 0 Å². The quantitative estimate of drug-likeness (QED) is 0.721. The molecule has 0 saturated carbocycles. The van der Waals surface area contributed by atoms with Gasteiger partial charge in [0.15, 0.2) is 0 Å². The van der Waals surface area contributed by atoms with Crippen LogP contribution in [0.25, 0.3) is 10.8 Å². The summed E-state index contributed by atoms with van der Waals surface area (Å²) in [5.41, 5.74) is 2.12. The molecule has 2 amide bonds. The largest absolute Gasteiger partial charge is 0.378 e. The highest BCUT2D eigenvalue weighted by Crippen LogP contribution is 2.23. The van der Waals surface area contributed by atoms with E-state index < -0.39 is 11.8 Å². The number of nitrogens with zero attached hydrogens (tertiary/aromatic N) is 1. The number of amides is 2. The number of nitrogens with one attached hydrogen (secondary N) is 2. The van der Waals surface area contributed by atoms with Crippen LogP contribution in [0.1, 0.15) is 0 Å². The monoisotopic (exact) mass is 333 g/mol. The zero-order valence-electron chi connectivity index (χ0n) is 14.1. The topological polar surface area (TPSA) is 61.4 Å². The lowest BCUT2D eigenvalue weighted by molar-refractivity contribution is -0.132. The van der Waals surface area contributed by atoms with Crippen molar-refractivity contribution in [2.45, 2.75) is 0 Å². The van der Waals surface area contributed by atoms with E-state index in [4.69, 9.17) is 0 Å². The molecule has 0 spiro atoms. The number of fused-ring (bicyclic) bond motifs is 1. The first-order valence-corrected chi connectivity index (χ1v) is 7.92. The molecule has 0 unspecified atom stereocenters. The summed E-state index contributed by atoms with van der Waals surface area (Å²) < 4.78 is 0. The van der Waals surface area contributed by atoms with Crippen LogP contribution >= 0.6 is 0 Å². The summed E-state index contributed by atoms with van der Waals surface area (Å²) in [5, 5.41) is 7.20. The summed E-state index contributed by atoms with van der Waals surface area (Å²) in [6, 6.07) is 20.6. The minimum Gasteiger partial charge on any atom is -0.378 e. The Labute approximate surface area is 146 Å². The number of hydrogen-bond donors (Lipinski definition) is 2. The molecule has 0 atom stereocenters. The van der Waals surface area contributed by atoms with Gasteiger partial charge >= 0.3 is 11.8 Å². The first-order chi connectivity index (χ1) is 12.0. The van der Waals surface area contributed by atoms with Crippen LogP contribution in [0.3, 0.4) is 0 Å². The number of carbonyl (C=O) groups excluding carboxylic acids is 2. The Hall–Kier alpha value is -3.34. The van der Waals surface area contributed by atoms with E-state index in [2.05, 4.69) is 10.6 Å². The second-order valence-corrected chi connectivity index (χ2v) is 5.88. The highest BCUT2D eigenvalue weighted by molar-refractivity contribution is 6.44. The summed E-state index contributed by atoms with van der Waals surface area (Å²) in [6.45, 7) is 0. The van der Waals surface area contributed by atoms with E-state index in [1.807, 2.05) is 73.6 Å². The molecule has 5 heteroatoms. The van der Waals surface area contributed by atoms with Gasteiger partial charge in [-0.25, -0.2) is 0 Å². The van der Waals surface area contributed by atoms with Gasteiger partial charge in [-0.15, -0.1) is 0 Å². The van der Waals surface area contributed by atoms with E-state index >= 15 is 0 Å². The van der Waals surface area contributed by atoms with E-state index in [1.54, 1.807) is 12.1 Å². The number of anilines is 3. The van der Waals surface area contributed by atoms with Crippen molar-refractivity contribution >= 4 is 39.6 Å². The lowest BCUT2D eigenvalue weighted by Crippen LogP contribution is -2.29. The predicted octanol–water partition coefficient (Wildman–Crippen LogP) is 3.48. The molecule has 0 fully saturated rings. The van der Waals surface area contributed by atoms with Gasteiger partial charge in [0, 0.05) is 36.5 Å². The molecule has 0 aliphatic heterocycles. The zero-order chi connectivity index (χ0) is 17.8. The number of hydrogen-bond acceptors (Lipinski definition) is 3. The van der Waals surface area contributed by atoms with Crippen LogP contribution in [-0.2, 0) is 9.59 Å². The fourth-order valence-electron chi connectivity index (χ4n) is 2.56. The minimum absolute atomic E-state index is 0.573. The van der Waals surface area contributed by atoms with E-state index in [-0.39, 0.29) is 0 Å². The summed E-state index contributed by atoms with van der Waals surface area (Å²) in [7, 11) is 3.82. The second kappa shape index (κ2) is 7.05. The maximum absolute atomic E-state index is 12.2. The molecule has 5 nitrogen and oxygen atoms in total. The smallest absolute Gasteiger partial charge is 0.314 e. The van der Waals surface area contributed by atoms with Gasteiger partial charge in [-0.3, -0.25) is 9.59 Å². The maximum atomic E-state index is 12.2. The molecule has 2 N–H and O–H groups in total. The Morgan fingerprint density at radius 1 is 0.800 bits per heavy atom. The van der Waals surface area contributed by atoms with Gasteiger partial charge in [-0.05, 0) is 29.7 Å². The van der Waals surface area contributed by atoms with Crippen molar-refractivity contribution in [2.75, 3.05) is 29.6 Å². The van der Waals surface area contributed by atoms with Gasteiger partial charge < -0.3 is 15.5 Å². The van der Waals surface area contributed by atoms with Crippen LogP contribution in [0, 0.1) is 0 Å². The lowest BCUT2D eigenvalue weighted by Gasteiger charge is -2.14. The lowest BCUT2D eigenvalue weighted by atomic mass is 10.1. The van der Waals surface area contributed by atoms with Crippen molar-refractivity contribution < 1.29 is 9.59 Å². The molecule has 0 bridgehead atoms. The number of rotatable bonds is 3. The van der Waals surface area contributed by atoms with Crippen LogP contribution in [0.15, 0.2) is 66.7 Å². The second-order valence-electron chi connectivity index (χ2n) is 5.88. The predicted molar refractivity (Wildman–Crippen MR) is 102 cm³/mol. The average Bonchev–Trinajstić information content (AvgIpc) is 2.62. The number of benzene rings is 3. The van der Waals surface area contributed by atoms with Gasteiger partial charge in [0.25, 0.3) is 0 Å². The van der Waals surface area contributed by atoms with Gasteiger partial charge in [0.2, 0.25) is 0 Å². The average molecular weight is 333 g/mol. The van der Waals surface area contributed by atoms with Crippen LogP contribution in [0.4, 0.5) is 17.1 Å². The van der Waals surface area contributed by atoms with Crippen molar-refractivity contribution in [3.63, 3.8) is 0 Å². The van der Waals surface area contributed by atoms with E-state index in [0.29, 0.717) is 11.4 Å². The Bertz CT molecular complexity index is 930. The molecular formula is C20H19N3O2. The molecule has 3 aromatic rings. The molecule has 25 heavy (non-hydrogen) atoms. The van der Waals surface area contributed by atoms with Gasteiger partial charge in [0.1, 0.15) is 0 Å². The molecule has 126 valence electrons. The minimum atomic E-state index is -0.705. The third kappa shape index (κ3) is 3.77. The highest BCUT2D eigenvalue weighted by atomic mass is 16.2. The normalized spacial score (nSPS) is 10.3. The molecule has 0 aliphatic carbocycles. The fourth-order valence-corrected chi connectivity index (χ4v) is 2.56. The number of carbonyl (C=O) groups is 2. The standard InChI is InChI=1S/C20H19N3O2/c1-23(2)16-10-6-9-15(13-16)21-19(24)20(25)22-18-12-5-8-14-7-3-4-11-17(14)18/h3-13H,1-2H3,(H,21,24)(H,22,25). The summed E-state index contributed by atoms with van der Waals surface area (Å²) in [6.07, 6.45) is 0. The van der Waals surface area contributed by atoms with Crippen LogP contribution in [0.2, 0.25) is 0 Å². The first-order valence-electron chi connectivity index (χ1n) is 7.92. The van der Waals surface area contributed by atoms with Crippen molar-refractivity contribution in [2.24, 2.45) is 0 Å². The highest BCUT2D eigenvalue weighted by Gasteiger charge is 2.15. The van der Waals surface area contributed by atoms with Crippen molar-refractivity contribution in [3.8, 4) is 0 Å². The van der Waals surface area contributed by atoms with Crippen LogP contribution in [-0.4, -0.2) is 25.9 Å². The summed E-state index contributed by atoms with van der Waals surface area (Å²) in [4.78, 5) is 26.4. The Morgan fingerprint density at radius 2 is 1.48 bits per heavy atom. The zero-order valence-corrected chi connectivity index (χ0v) is 14.1. The van der Waals surface area contributed by atoms with E-state index in [9.17, 15) is 9.59 Å². The Balaban J connectivity index is 1.74. The van der Waals surface area contributed by atoms with Crippen LogP contribution in [0.5, 0.6) is 0 Å². The van der Waals surface area contributed by atoms with E-state index in [0.717, 1.165) is 16.5 Å². The van der Waals surface area contributed by atoms with E-state index in [1.165, 1.54) is 0 Å². The summed E-state index contributed by atoms with van der Waals surface area (Å²) >= 11 is 0. The first kappa shape index (κ1) is 16.5. The maximum Gasteiger partial charge on any atom is 0.314 e. The molecular weight excluding hydrogens is 314 g/mol. The van der Waals surface area contributed by atoms with Crippen molar-refractivity contribution in [3.05, 3.63) is 66.7 Å².